The van der Waals surface area contributed by atoms with Gasteiger partial charge in [-0.05, 0) is 13.0 Å². The van der Waals surface area contributed by atoms with Gasteiger partial charge in [-0.15, -0.1) is 0 Å². The number of benzene rings is 1. The minimum atomic E-state index is 0.267. The van der Waals surface area contributed by atoms with Crippen LogP contribution in [0.4, 0.5) is 5.69 Å². The molecule has 0 radical (unpaired) electrons. The summed E-state index contributed by atoms with van der Waals surface area (Å²) in [5.74, 6) is 0. The van der Waals surface area contributed by atoms with Gasteiger partial charge < -0.3 is 11.1 Å². The summed E-state index contributed by atoms with van der Waals surface area (Å²) in [6.45, 7) is 2.67. The highest BCUT2D eigenvalue weighted by molar-refractivity contribution is 5.89. The van der Waals surface area contributed by atoms with Gasteiger partial charge >= 0.3 is 0 Å². The van der Waals surface area contributed by atoms with E-state index < -0.39 is 0 Å². The first-order valence-corrected chi connectivity index (χ1v) is 4.70. The van der Waals surface area contributed by atoms with Crippen LogP contribution in [0, 0.1) is 0 Å². The van der Waals surface area contributed by atoms with Crippen LogP contribution in [-0.4, -0.2) is 22.8 Å². The van der Waals surface area contributed by atoms with Crippen molar-refractivity contribution in [3.05, 3.63) is 24.4 Å². The summed E-state index contributed by atoms with van der Waals surface area (Å²) in [7, 11) is 0. The molecule has 0 saturated carbocycles. The van der Waals surface area contributed by atoms with Gasteiger partial charge in [0.2, 0.25) is 0 Å². The lowest BCUT2D eigenvalue weighted by molar-refractivity contribution is 0.805. The Labute approximate surface area is 82.5 Å². The first-order chi connectivity index (χ1) is 6.81. The Kier molecular flexibility index (Phi) is 2.37. The molecule has 0 bridgehead atoms. The smallest absolute Gasteiger partial charge is 0.0881 e. The van der Waals surface area contributed by atoms with E-state index in [0.717, 1.165) is 16.6 Å². The number of nitrogens with two attached hydrogens (primary N) is 1. The highest BCUT2D eigenvalue weighted by Gasteiger charge is 2.04. The van der Waals surface area contributed by atoms with Gasteiger partial charge in [0, 0.05) is 18.0 Å². The molecule has 0 saturated heterocycles. The second-order valence-corrected chi connectivity index (χ2v) is 3.42. The van der Waals surface area contributed by atoms with Crippen LogP contribution in [0.15, 0.2) is 24.4 Å². The second kappa shape index (κ2) is 3.67. The fraction of sp³-hybridized carbons (Fsp3) is 0.300. The van der Waals surface area contributed by atoms with Gasteiger partial charge in [0.15, 0.2) is 0 Å². The molecular formula is C10H14N4. The Hall–Kier alpha value is -1.55. The van der Waals surface area contributed by atoms with Crippen molar-refractivity contribution < 1.29 is 0 Å². The molecule has 1 atom stereocenters. The third kappa shape index (κ3) is 1.56. The molecule has 2 aromatic rings. The number of aromatic amines is 1. The molecule has 1 unspecified atom stereocenters. The molecule has 1 heterocycles. The van der Waals surface area contributed by atoms with Crippen molar-refractivity contribution in [2.45, 2.75) is 13.0 Å². The van der Waals surface area contributed by atoms with E-state index in [4.69, 9.17) is 5.73 Å². The fourth-order valence-corrected chi connectivity index (χ4v) is 1.41. The zero-order chi connectivity index (χ0) is 9.97. The van der Waals surface area contributed by atoms with Gasteiger partial charge in [0.05, 0.1) is 17.4 Å². The summed E-state index contributed by atoms with van der Waals surface area (Å²) in [6, 6.07) is 6.32. The number of fused-ring (bicyclic) bond motifs is 1. The zero-order valence-corrected chi connectivity index (χ0v) is 8.12. The standard InChI is InChI=1S/C10H14N4/c1-7(5-11)13-9-4-2-3-8-6-12-14-10(8)9/h2-4,6-7,13H,5,11H2,1H3,(H,12,14). The highest BCUT2D eigenvalue weighted by Crippen LogP contribution is 2.20. The number of para-hydroxylation sites is 1. The first kappa shape index (κ1) is 9.02. The lowest BCUT2D eigenvalue weighted by Gasteiger charge is -2.13. The number of hydrogen-bond acceptors (Lipinski definition) is 3. The summed E-state index contributed by atoms with van der Waals surface area (Å²) < 4.78 is 0. The van der Waals surface area contributed by atoms with E-state index in [2.05, 4.69) is 22.4 Å². The van der Waals surface area contributed by atoms with E-state index in [1.54, 1.807) is 0 Å². The topological polar surface area (TPSA) is 66.7 Å². The predicted molar refractivity (Wildman–Crippen MR) is 58.2 cm³/mol. The molecule has 1 aromatic heterocycles. The maximum atomic E-state index is 5.55. The number of anilines is 1. The van der Waals surface area contributed by atoms with Crippen LogP contribution in [0.1, 0.15) is 6.92 Å². The summed E-state index contributed by atoms with van der Waals surface area (Å²) >= 11 is 0. The molecule has 1 aromatic carbocycles. The van der Waals surface area contributed by atoms with Crippen LogP contribution in [0.2, 0.25) is 0 Å². The molecule has 4 nitrogen and oxygen atoms in total. The third-order valence-corrected chi connectivity index (χ3v) is 2.23. The number of hydrogen-bond donors (Lipinski definition) is 3. The Morgan fingerprint density at radius 2 is 2.43 bits per heavy atom. The lowest BCUT2D eigenvalue weighted by Crippen LogP contribution is -2.25. The molecule has 0 spiro atoms. The van der Waals surface area contributed by atoms with Crippen molar-refractivity contribution in [2.24, 2.45) is 5.73 Å². The van der Waals surface area contributed by atoms with Crippen LogP contribution >= 0.6 is 0 Å². The summed E-state index contributed by atoms with van der Waals surface area (Å²) in [5, 5.41) is 11.4. The molecule has 14 heavy (non-hydrogen) atoms. The van der Waals surface area contributed by atoms with Crippen molar-refractivity contribution in [2.75, 3.05) is 11.9 Å². The molecule has 0 aliphatic rings. The maximum absolute atomic E-state index is 5.55. The van der Waals surface area contributed by atoms with Crippen LogP contribution in [0.3, 0.4) is 0 Å². The Morgan fingerprint density at radius 3 is 3.21 bits per heavy atom. The molecule has 0 aliphatic carbocycles. The van der Waals surface area contributed by atoms with Gasteiger partial charge in [-0.2, -0.15) is 5.10 Å². The molecule has 4 N–H and O–H groups in total. The number of nitrogens with one attached hydrogen (secondary N) is 2. The highest BCUT2D eigenvalue weighted by atomic mass is 15.1. The monoisotopic (exact) mass is 190 g/mol. The van der Waals surface area contributed by atoms with Crippen LogP contribution in [0.25, 0.3) is 10.9 Å². The number of nitrogens with zero attached hydrogens (tertiary/aromatic N) is 1. The fourth-order valence-electron chi connectivity index (χ4n) is 1.41. The third-order valence-electron chi connectivity index (χ3n) is 2.23. The molecular weight excluding hydrogens is 176 g/mol. The molecule has 0 amide bonds. The number of aromatic nitrogens is 2. The van der Waals surface area contributed by atoms with Gasteiger partial charge in [0.1, 0.15) is 0 Å². The van der Waals surface area contributed by atoms with Gasteiger partial charge in [-0.1, -0.05) is 12.1 Å². The summed E-state index contributed by atoms with van der Waals surface area (Å²) in [4.78, 5) is 0. The van der Waals surface area contributed by atoms with E-state index in [-0.39, 0.29) is 6.04 Å². The summed E-state index contributed by atoms with van der Waals surface area (Å²) in [5.41, 5.74) is 7.64. The zero-order valence-electron chi connectivity index (χ0n) is 8.12. The van der Waals surface area contributed by atoms with E-state index in [0.29, 0.717) is 6.54 Å². The Balaban J connectivity index is 2.36. The van der Waals surface area contributed by atoms with Crippen molar-refractivity contribution in [3.8, 4) is 0 Å². The van der Waals surface area contributed by atoms with Gasteiger partial charge in [-0.25, -0.2) is 0 Å². The average molecular weight is 190 g/mol. The SMILES string of the molecule is CC(CN)Nc1cccc2cn[nH]c12. The first-order valence-electron chi connectivity index (χ1n) is 4.70. The quantitative estimate of drug-likeness (QED) is 0.683. The maximum Gasteiger partial charge on any atom is 0.0881 e. The number of rotatable bonds is 3. The van der Waals surface area contributed by atoms with E-state index in [1.807, 2.05) is 24.4 Å². The van der Waals surface area contributed by atoms with E-state index in [9.17, 15) is 0 Å². The lowest BCUT2D eigenvalue weighted by atomic mass is 10.2. The van der Waals surface area contributed by atoms with Gasteiger partial charge in [0.25, 0.3) is 0 Å². The number of H-pyrrole nitrogens is 1. The van der Waals surface area contributed by atoms with Crippen molar-refractivity contribution in [1.82, 2.24) is 10.2 Å². The normalized spacial score (nSPS) is 13.0. The van der Waals surface area contributed by atoms with Crippen molar-refractivity contribution in [3.63, 3.8) is 0 Å². The molecule has 4 heteroatoms. The average Bonchev–Trinajstić information content (AvgIpc) is 2.66. The summed E-state index contributed by atoms with van der Waals surface area (Å²) in [6.07, 6.45) is 1.81. The van der Waals surface area contributed by atoms with Gasteiger partial charge in [-0.3, -0.25) is 5.10 Å². The van der Waals surface area contributed by atoms with Crippen LogP contribution in [0.5, 0.6) is 0 Å². The van der Waals surface area contributed by atoms with Crippen LogP contribution in [-0.2, 0) is 0 Å². The Morgan fingerprint density at radius 1 is 1.57 bits per heavy atom. The molecule has 0 fully saturated rings. The van der Waals surface area contributed by atoms with E-state index >= 15 is 0 Å². The van der Waals surface area contributed by atoms with E-state index in [1.165, 1.54) is 0 Å². The molecule has 74 valence electrons. The minimum absolute atomic E-state index is 0.267. The Bertz CT molecular complexity index is 421. The second-order valence-electron chi connectivity index (χ2n) is 3.42. The molecule has 0 aliphatic heterocycles. The van der Waals surface area contributed by atoms with Crippen molar-refractivity contribution in [1.29, 1.82) is 0 Å². The van der Waals surface area contributed by atoms with Crippen molar-refractivity contribution >= 4 is 16.6 Å². The van der Waals surface area contributed by atoms with Crippen LogP contribution < -0.4 is 11.1 Å². The largest absolute Gasteiger partial charge is 0.380 e. The molecule has 2 rings (SSSR count). The predicted octanol–water partition coefficient (Wildman–Crippen LogP) is 1.32. The minimum Gasteiger partial charge on any atom is -0.380 e.